The average molecular weight is 279 g/mol. The van der Waals surface area contributed by atoms with Crippen molar-refractivity contribution in [1.29, 1.82) is 0 Å². The summed E-state index contributed by atoms with van der Waals surface area (Å²) < 4.78 is 8.06. The highest BCUT2D eigenvalue weighted by atomic mass is 16.5. The quantitative estimate of drug-likeness (QED) is 0.662. The zero-order valence-corrected chi connectivity index (χ0v) is 12.6. The Hall–Kier alpha value is -2.22. The summed E-state index contributed by atoms with van der Waals surface area (Å²) in [6.07, 6.45) is 3.42. The second-order valence-corrected chi connectivity index (χ2v) is 5.63. The molecule has 3 rings (SSSR count). The van der Waals surface area contributed by atoms with Crippen molar-refractivity contribution >= 4 is 10.9 Å². The van der Waals surface area contributed by atoms with Crippen molar-refractivity contribution in [2.24, 2.45) is 0 Å². The maximum atomic E-state index is 5.75. The van der Waals surface area contributed by atoms with Crippen LogP contribution in [0.15, 0.2) is 60.8 Å². The van der Waals surface area contributed by atoms with E-state index in [-0.39, 0.29) is 6.10 Å². The van der Waals surface area contributed by atoms with Gasteiger partial charge < -0.3 is 9.30 Å². The van der Waals surface area contributed by atoms with E-state index in [2.05, 4.69) is 79.2 Å². The van der Waals surface area contributed by atoms with Crippen LogP contribution in [0.1, 0.15) is 19.4 Å². The lowest BCUT2D eigenvalue weighted by molar-refractivity contribution is 0.243. The zero-order chi connectivity index (χ0) is 14.7. The third-order valence-electron chi connectivity index (χ3n) is 3.60. The van der Waals surface area contributed by atoms with Crippen LogP contribution in [0.5, 0.6) is 5.75 Å². The van der Waals surface area contributed by atoms with Crippen molar-refractivity contribution in [2.75, 3.05) is 0 Å². The third kappa shape index (κ3) is 3.27. The average Bonchev–Trinajstić information content (AvgIpc) is 2.88. The molecule has 0 fully saturated rings. The molecule has 3 aromatic rings. The summed E-state index contributed by atoms with van der Waals surface area (Å²) in [4.78, 5) is 0. The number of hydrogen-bond donors (Lipinski definition) is 0. The van der Waals surface area contributed by atoms with Crippen LogP contribution in [-0.2, 0) is 13.0 Å². The molecule has 0 N–H and O–H groups in total. The van der Waals surface area contributed by atoms with Crippen molar-refractivity contribution in [2.45, 2.75) is 32.9 Å². The minimum atomic E-state index is 0.211. The SMILES string of the molecule is CC(C)Oc1ccc2c(ccn2CCc2ccccc2)c1. The van der Waals surface area contributed by atoms with Crippen LogP contribution < -0.4 is 4.74 Å². The molecule has 2 heteroatoms. The van der Waals surface area contributed by atoms with Crippen molar-refractivity contribution in [3.8, 4) is 5.75 Å². The highest BCUT2D eigenvalue weighted by molar-refractivity contribution is 5.81. The van der Waals surface area contributed by atoms with Gasteiger partial charge in [-0.15, -0.1) is 0 Å². The number of ether oxygens (including phenoxy) is 1. The second-order valence-electron chi connectivity index (χ2n) is 5.63. The minimum absolute atomic E-state index is 0.211. The Bertz CT molecular complexity index is 713. The monoisotopic (exact) mass is 279 g/mol. The third-order valence-corrected chi connectivity index (χ3v) is 3.60. The Labute approximate surface area is 126 Å². The van der Waals surface area contributed by atoms with E-state index in [0.29, 0.717) is 0 Å². The summed E-state index contributed by atoms with van der Waals surface area (Å²) in [5.41, 5.74) is 2.64. The normalized spacial score (nSPS) is 11.2. The number of fused-ring (bicyclic) bond motifs is 1. The van der Waals surface area contributed by atoms with Gasteiger partial charge in [-0.1, -0.05) is 30.3 Å². The molecule has 0 saturated carbocycles. The number of nitrogens with zero attached hydrogens (tertiary/aromatic N) is 1. The number of aromatic nitrogens is 1. The topological polar surface area (TPSA) is 14.2 Å². The molecule has 0 atom stereocenters. The summed E-state index contributed by atoms with van der Waals surface area (Å²) in [7, 11) is 0. The van der Waals surface area contributed by atoms with Gasteiger partial charge in [-0.3, -0.25) is 0 Å². The van der Waals surface area contributed by atoms with E-state index in [1.807, 2.05) is 0 Å². The summed E-state index contributed by atoms with van der Waals surface area (Å²) in [5.74, 6) is 0.943. The summed E-state index contributed by atoms with van der Waals surface area (Å²) in [6.45, 7) is 5.10. The predicted octanol–water partition coefficient (Wildman–Crippen LogP) is 4.67. The van der Waals surface area contributed by atoms with E-state index in [0.717, 1.165) is 18.7 Å². The second kappa shape index (κ2) is 6.04. The number of rotatable bonds is 5. The molecule has 0 aliphatic rings. The lowest BCUT2D eigenvalue weighted by Gasteiger charge is -2.10. The first-order valence-corrected chi connectivity index (χ1v) is 7.52. The smallest absolute Gasteiger partial charge is 0.120 e. The molecule has 1 heterocycles. The van der Waals surface area contributed by atoms with Gasteiger partial charge in [-0.05, 0) is 50.1 Å². The molecule has 21 heavy (non-hydrogen) atoms. The highest BCUT2D eigenvalue weighted by Crippen LogP contribution is 2.23. The molecule has 0 bridgehead atoms. The molecular weight excluding hydrogens is 258 g/mol. The lowest BCUT2D eigenvalue weighted by atomic mass is 10.1. The maximum Gasteiger partial charge on any atom is 0.120 e. The molecule has 2 nitrogen and oxygen atoms in total. The lowest BCUT2D eigenvalue weighted by Crippen LogP contribution is -2.05. The van der Waals surface area contributed by atoms with E-state index in [9.17, 15) is 0 Å². The van der Waals surface area contributed by atoms with E-state index in [1.54, 1.807) is 0 Å². The Kier molecular flexibility index (Phi) is 3.96. The molecule has 0 aliphatic heterocycles. The van der Waals surface area contributed by atoms with Crippen LogP contribution in [-0.4, -0.2) is 10.7 Å². The first kappa shape index (κ1) is 13.7. The van der Waals surface area contributed by atoms with Crippen LogP contribution in [0.2, 0.25) is 0 Å². The van der Waals surface area contributed by atoms with E-state index < -0.39 is 0 Å². The van der Waals surface area contributed by atoms with Crippen LogP contribution in [0.25, 0.3) is 10.9 Å². The first-order chi connectivity index (χ1) is 10.2. The van der Waals surface area contributed by atoms with Crippen molar-refractivity contribution in [3.05, 3.63) is 66.4 Å². The Morgan fingerprint density at radius 2 is 1.81 bits per heavy atom. The van der Waals surface area contributed by atoms with Gasteiger partial charge in [-0.2, -0.15) is 0 Å². The predicted molar refractivity (Wildman–Crippen MR) is 87.8 cm³/mol. The molecule has 108 valence electrons. The number of benzene rings is 2. The summed E-state index contributed by atoms with van der Waals surface area (Å²) in [5, 5.41) is 1.24. The minimum Gasteiger partial charge on any atom is -0.491 e. The molecule has 0 amide bonds. The van der Waals surface area contributed by atoms with Crippen molar-refractivity contribution in [3.63, 3.8) is 0 Å². The number of aryl methyl sites for hydroxylation is 2. The molecule has 1 aromatic heterocycles. The fourth-order valence-corrected chi connectivity index (χ4v) is 2.61. The van der Waals surface area contributed by atoms with E-state index >= 15 is 0 Å². The highest BCUT2D eigenvalue weighted by Gasteiger charge is 2.04. The zero-order valence-electron chi connectivity index (χ0n) is 12.6. The molecule has 0 saturated heterocycles. The molecule has 2 aromatic carbocycles. The number of hydrogen-bond acceptors (Lipinski definition) is 1. The fraction of sp³-hybridized carbons (Fsp3) is 0.263. The van der Waals surface area contributed by atoms with Gasteiger partial charge >= 0.3 is 0 Å². The van der Waals surface area contributed by atoms with Crippen molar-refractivity contribution in [1.82, 2.24) is 4.57 Å². The van der Waals surface area contributed by atoms with Crippen LogP contribution in [0.4, 0.5) is 0 Å². The van der Waals surface area contributed by atoms with Crippen LogP contribution in [0.3, 0.4) is 0 Å². The summed E-state index contributed by atoms with van der Waals surface area (Å²) in [6, 6.07) is 19.1. The standard InChI is InChI=1S/C19H21NO/c1-15(2)21-18-8-9-19-17(14-18)11-13-20(19)12-10-16-6-4-3-5-7-16/h3-9,11,13-15H,10,12H2,1-2H3. The molecule has 0 spiro atoms. The molecule has 0 aliphatic carbocycles. The van der Waals surface area contributed by atoms with Gasteiger partial charge in [0, 0.05) is 23.6 Å². The van der Waals surface area contributed by atoms with E-state index in [1.165, 1.54) is 16.5 Å². The van der Waals surface area contributed by atoms with Crippen molar-refractivity contribution < 1.29 is 4.74 Å². The Morgan fingerprint density at radius 3 is 2.57 bits per heavy atom. The summed E-state index contributed by atoms with van der Waals surface area (Å²) >= 11 is 0. The molecule has 0 unspecified atom stereocenters. The first-order valence-electron chi connectivity index (χ1n) is 7.52. The van der Waals surface area contributed by atoms with Gasteiger partial charge in [0.05, 0.1) is 6.10 Å². The molecule has 0 radical (unpaired) electrons. The maximum absolute atomic E-state index is 5.75. The van der Waals surface area contributed by atoms with Gasteiger partial charge in [0.25, 0.3) is 0 Å². The van der Waals surface area contributed by atoms with Gasteiger partial charge in [-0.25, -0.2) is 0 Å². The van der Waals surface area contributed by atoms with Gasteiger partial charge in [0.15, 0.2) is 0 Å². The Morgan fingerprint density at radius 1 is 1.00 bits per heavy atom. The van der Waals surface area contributed by atoms with Crippen LogP contribution in [0, 0.1) is 0 Å². The largest absolute Gasteiger partial charge is 0.491 e. The molecular formula is C19H21NO. The van der Waals surface area contributed by atoms with Crippen LogP contribution >= 0.6 is 0 Å². The van der Waals surface area contributed by atoms with Gasteiger partial charge in [0.1, 0.15) is 5.75 Å². The van der Waals surface area contributed by atoms with E-state index in [4.69, 9.17) is 4.74 Å². The Balaban J connectivity index is 1.77. The fourth-order valence-electron chi connectivity index (χ4n) is 2.61. The van der Waals surface area contributed by atoms with Gasteiger partial charge in [0.2, 0.25) is 0 Å².